The highest BCUT2D eigenvalue weighted by Crippen LogP contribution is 2.25. The normalized spacial score (nSPS) is 25.8. The number of benzene rings is 1. The topological polar surface area (TPSA) is 12.5 Å². The number of nitrogens with zero attached hydrogens (tertiary/aromatic N) is 1. The lowest BCUT2D eigenvalue weighted by atomic mass is 10.1. The standard InChI is InChI=1S/C16H22FNO/c17-14-7-5-13(6-8-14)11-16-12-18(9-10-19-16)15-3-1-2-4-15/h5-8,15-16H,1-4,9-12H2/t16-/m0/s1. The van der Waals surface area contributed by atoms with E-state index in [4.69, 9.17) is 4.74 Å². The molecule has 0 N–H and O–H groups in total. The van der Waals surface area contributed by atoms with Crippen LogP contribution in [-0.4, -0.2) is 36.7 Å². The highest BCUT2D eigenvalue weighted by atomic mass is 19.1. The van der Waals surface area contributed by atoms with Crippen molar-refractivity contribution in [3.05, 3.63) is 35.6 Å². The van der Waals surface area contributed by atoms with Gasteiger partial charge in [-0.25, -0.2) is 4.39 Å². The molecular weight excluding hydrogens is 241 g/mol. The van der Waals surface area contributed by atoms with Crippen molar-refractivity contribution in [1.29, 1.82) is 0 Å². The zero-order chi connectivity index (χ0) is 13.1. The zero-order valence-corrected chi connectivity index (χ0v) is 11.4. The number of hydrogen-bond donors (Lipinski definition) is 0. The molecule has 1 aliphatic heterocycles. The highest BCUT2D eigenvalue weighted by molar-refractivity contribution is 5.17. The number of hydrogen-bond acceptors (Lipinski definition) is 2. The third-order valence-corrected chi connectivity index (χ3v) is 4.39. The van der Waals surface area contributed by atoms with Crippen molar-refractivity contribution in [3.8, 4) is 0 Å². The molecule has 0 radical (unpaired) electrons. The zero-order valence-electron chi connectivity index (χ0n) is 11.4. The Labute approximate surface area is 114 Å². The molecule has 1 aromatic carbocycles. The summed E-state index contributed by atoms with van der Waals surface area (Å²) in [5, 5.41) is 0. The number of rotatable bonds is 3. The quantitative estimate of drug-likeness (QED) is 0.831. The van der Waals surface area contributed by atoms with Crippen molar-refractivity contribution in [2.24, 2.45) is 0 Å². The minimum Gasteiger partial charge on any atom is -0.375 e. The van der Waals surface area contributed by atoms with E-state index < -0.39 is 0 Å². The summed E-state index contributed by atoms with van der Waals surface area (Å²) in [4.78, 5) is 2.60. The van der Waals surface area contributed by atoms with Crippen LogP contribution in [0.2, 0.25) is 0 Å². The van der Waals surface area contributed by atoms with Crippen molar-refractivity contribution in [2.45, 2.75) is 44.2 Å². The summed E-state index contributed by atoms with van der Waals surface area (Å²) in [7, 11) is 0. The molecule has 2 fully saturated rings. The van der Waals surface area contributed by atoms with Gasteiger partial charge in [-0.1, -0.05) is 25.0 Å². The molecule has 2 aliphatic rings. The van der Waals surface area contributed by atoms with Gasteiger partial charge in [0.15, 0.2) is 0 Å². The van der Waals surface area contributed by atoms with Gasteiger partial charge in [-0.05, 0) is 37.0 Å². The molecule has 1 aliphatic carbocycles. The number of morpholine rings is 1. The van der Waals surface area contributed by atoms with E-state index in [9.17, 15) is 4.39 Å². The van der Waals surface area contributed by atoms with E-state index in [-0.39, 0.29) is 11.9 Å². The van der Waals surface area contributed by atoms with Crippen molar-refractivity contribution in [1.82, 2.24) is 4.90 Å². The lowest BCUT2D eigenvalue weighted by Crippen LogP contribution is -2.47. The van der Waals surface area contributed by atoms with E-state index in [0.717, 1.165) is 32.2 Å². The summed E-state index contributed by atoms with van der Waals surface area (Å²) in [5.74, 6) is -0.166. The molecule has 0 spiro atoms. The Morgan fingerprint density at radius 2 is 1.89 bits per heavy atom. The minimum absolute atomic E-state index is 0.166. The Morgan fingerprint density at radius 3 is 2.63 bits per heavy atom. The minimum atomic E-state index is -0.166. The molecule has 0 aromatic heterocycles. The maximum absolute atomic E-state index is 12.9. The summed E-state index contributed by atoms with van der Waals surface area (Å²) >= 11 is 0. The van der Waals surface area contributed by atoms with Gasteiger partial charge in [0.05, 0.1) is 12.7 Å². The number of halogens is 1. The van der Waals surface area contributed by atoms with Crippen molar-refractivity contribution in [3.63, 3.8) is 0 Å². The van der Waals surface area contributed by atoms with Crippen molar-refractivity contribution < 1.29 is 9.13 Å². The molecule has 1 heterocycles. The van der Waals surface area contributed by atoms with Crippen LogP contribution in [0.4, 0.5) is 4.39 Å². The van der Waals surface area contributed by atoms with Crippen molar-refractivity contribution >= 4 is 0 Å². The summed E-state index contributed by atoms with van der Waals surface area (Å²) in [6.07, 6.45) is 6.62. The SMILES string of the molecule is Fc1ccc(C[C@H]2CN(C3CCCC3)CCO2)cc1. The summed E-state index contributed by atoms with van der Waals surface area (Å²) in [5.41, 5.74) is 1.17. The molecule has 19 heavy (non-hydrogen) atoms. The first-order valence-corrected chi connectivity index (χ1v) is 7.41. The molecule has 104 valence electrons. The molecule has 0 amide bonds. The first-order chi connectivity index (χ1) is 9.31. The van der Waals surface area contributed by atoms with Gasteiger partial charge in [0.2, 0.25) is 0 Å². The Hall–Kier alpha value is -0.930. The second-order valence-corrected chi connectivity index (χ2v) is 5.76. The maximum atomic E-state index is 12.9. The van der Waals surface area contributed by atoms with Gasteiger partial charge in [0.1, 0.15) is 5.82 Å². The summed E-state index contributed by atoms with van der Waals surface area (Å²) < 4.78 is 18.8. The largest absolute Gasteiger partial charge is 0.375 e. The highest BCUT2D eigenvalue weighted by Gasteiger charge is 2.28. The van der Waals surface area contributed by atoms with E-state index in [2.05, 4.69) is 4.90 Å². The molecule has 2 nitrogen and oxygen atoms in total. The van der Waals surface area contributed by atoms with Crippen LogP contribution < -0.4 is 0 Å². The number of ether oxygens (including phenoxy) is 1. The van der Waals surface area contributed by atoms with E-state index in [1.807, 2.05) is 12.1 Å². The molecule has 0 bridgehead atoms. The van der Waals surface area contributed by atoms with Crippen LogP contribution in [-0.2, 0) is 11.2 Å². The second kappa shape index (κ2) is 6.02. The van der Waals surface area contributed by atoms with Crippen LogP contribution >= 0.6 is 0 Å². The Kier molecular flexibility index (Phi) is 4.14. The first-order valence-electron chi connectivity index (χ1n) is 7.41. The van der Waals surface area contributed by atoms with Crippen LogP contribution in [0.25, 0.3) is 0 Å². The fourth-order valence-corrected chi connectivity index (χ4v) is 3.35. The van der Waals surface area contributed by atoms with Gasteiger partial charge in [0, 0.05) is 19.1 Å². The van der Waals surface area contributed by atoms with Crippen LogP contribution in [0, 0.1) is 5.82 Å². The molecule has 1 saturated carbocycles. The van der Waals surface area contributed by atoms with Crippen LogP contribution in [0.15, 0.2) is 24.3 Å². The molecule has 3 rings (SSSR count). The molecule has 3 heteroatoms. The Morgan fingerprint density at radius 1 is 1.16 bits per heavy atom. The molecule has 1 aromatic rings. The van der Waals surface area contributed by atoms with Crippen LogP contribution in [0.3, 0.4) is 0 Å². The smallest absolute Gasteiger partial charge is 0.123 e. The van der Waals surface area contributed by atoms with E-state index in [1.165, 1.54) is 43.4 Å². The molecule has 1 atom stereocenters. The predicted molar refractivity (Wildman–Crippen MR) is 73.7 cm³/mol. The van der Waals surface area contributed by atoms with Gasteiger partial charge in [0.25, 0.3) is 0 Å². The third kappa shape index (κ3) is 3.34. The van der Waals surface area contributed by atoms with E-state index >= 15 is 0 Å². The first kappa shape index (κ1) is 13.1. The average Bonchev–Trinajstić information content (AvgIpc) is 2.96. The second-order valence-electron chi connectivity index (χ2n) is 5.76. The van der Waals surface area contributed by atoms with Gasteiger partial charge >= 0.3 is 0 Å². The summed E-state index contributed by atoms with van der Waals surface area (Å²) in [6, 6.07) is 7.58. The van der Waals surface area contributed by atoms with Crippen LogP contribution in [0.5, 0.6) is 0 Å². The average molecular weight is 263 g/mol. The van der Waals surface area contributed by atoms with Gasteiger partial charge in [-0.15, -0.1) is 0 Å². The van der Waals surface area contributed by atoms with Gasteiger partial charge in [-0.3, -0.25) is 4.90 Å². The monoisotopic (exact) mass is 263 g/mol. The predicted octanol–water partition coefficient (Wildman–Crippen LogP) is 3.01. The third-order valence-electron chi connectivity index (χ3n) is 4.39. The summed E-state index contributed by atoms with van der Waals surface area (Å²) in [6.45, 7) is 2.94. The Bertz CT molecular complexity index is 400. The molecular formula is C16H22FNO. The molecule has 0 unspecified atom stereocenters. The lowest BCUT2D eigenvalue weighted by Gasteiger charge is -2.37. The van der Waals surface area contributed by atoms with E-state index in [1.54, 1.807) is 0 Å². The lowest BCUT2D eigenvalue weighted by molar-refractivity contribution is -0.0415. The van der Waals surface area contributed by atoms with Crippen molar-refractivity contribution in [2.75, 3.05) is 19.7 Å². The maximum Gasteiger partial charge on any atom is 0.123 e. The Balaban J connectivity index is 1.57. The molecule has 1 saturated heterocycles. The van der Waals surface area contributed by atoms with Gasteiger partial charge in [-0.2, -0.15) is 0 Å². The fraction of sp³-hybridized carbons (Fsp3) is 0.625. The fourth-order valence-electron chi connectivity index (χ4n) is 3.35. The van der Waals surface area contributed by atoms with Crippen LogP contribution in [0.1, 0.15) is 31.2 Å². The van der Waals surface area contributed by atoms with E-state index in [0.29, 0.717) is 0 Å². The van der Waals surface area contributed by atoms with Gasteiger partial charge < -0.3 is 4.74 Å².